The fraction of sp³-hybridized carbons (Fsp3) is 0.0500. The van der Waals surface area contributed by atoms with Crippen molar-refractivity contribution < 1.29 is 4.39 Å². The van der Waals surface area contributed by atoms with Crippen LogP contribution in [0.3, 0.4) is 0 Å². The van der Waals surface area contributed by atoms with Gasteiger partial charge in [0.25, 0.3) is 0 Å². The summed E-state index contributed by atoms with van der Waals surface area (Å²) in [4.78, 5) is 24.8. The Morgan fingerprint density at radius 1 is 0.966 bits per heavy atom. The Balaban J connectivity index is 1.63. The molecule has 0 aliphatic carbocycles. The first kappa shape index (κ1) is 17.4. The van der Waals surface area contributed by atoms with Gasteiger partial charge in [-0.3, -0.25) is 0 Å². The van der Waals surface area contributed by atoms with Crippen molar-refractivity contribution in [1.29, 1.82) is 0 Å². The molecule has 0 amide bonds. The summed E-state index contributed by atoms with van der Waals surface area (Å²) in [7, 11) is 0. The Morgan fingerprint density at radius 2 is 1.86 bits per heavy atom. The van der Waals surface area contributed by atoms with E-state index in [-0.39, 0.29) is 5.52 Å². The highest BCUT2D eigenvalue weighted by molar-refractivity contribution is 6.33. The van der Waals surface area contributed by atoms with Crippen molar-refractivity contribution in [3.8, 4) is 11.3 Å². The molecular weight excluding hydrogens is 393 g/mol. The van der Waals surface area contributed by atoms with Gasteiger partial charge in [0, 0.05) is 5.56 Å². The van der Waals surface area contributed by atoms with E-state index in [1.807, 2.05) is 18.2 Å². The van der Waals surface area contributed by atoms with Crippen LogP contribution in [0.2, 0.25) is 5.02 Å². The average molecular weight is 406 g/mol. The molecule has 0 fully saturated rings. The number of halogens is 2. The predicted molar refractivity (Wildman–Crippen MR) is 109 cm³/mol. The highest BCUT2D eigenvalue weighted by Crippen LogP contribution is 2.30. The van der Waals surface area contributed by atoms with E-state index in [1.165, 1.54) is 12.4 Å². The summed E-state index contributed by atoms with van der Waals surface area (Å²) < 4.78 is 14.3. The number of nitrogens with one attached hydrogen (secondary N) is 2. The second kappa shape index (κ2) is 7.06. The number of imidazole rings is 1. The third-order valence-electron chi connectivity index (χ3n) is 4.49. The summed E-state index contributed by atoms with van der Waals surface area (Å²) in [6, 6.07) is 12.0. The number of hydrogen-bond acceptors (Lipinski definition) is 6. The Bertz CT molecular complexity index is 1350. The molecule has 3 heterocycles. The van der Waals surface area contributed by atoms with E-state index >= 15 is 0 Å². The Hall–Kier alpha value is -3.65. The molecule has 0 atom stereocenters. The molecule has 0 aliphatic rings. The fourth-order valence-corrected chi connectivity index (χ4v) is 3.36. The maximum absolute atomic E-state index is 14.3. The number of para-hydroxylation sites is 1. The minimum atomic E-state index is -0.433. The van der Waals surface area contributed by atoms with Crippen LogP contribution in [0.1, 0.15) is 5.69 Å². The summed E-state index contributed by atoms with van der Waals surface area (Å²) in [5.41, 5.74) is 3.70. The van der Waals surface area contributed by atoms with Gasteiger partial charge in [-0.05, 0) is 18.2 Å². The number of H-pyrrole nitrogens is 1. The van der Waals surface area contributed by atoms with E-state index in [2.05, 4.69) is 35.2 Å². The number of hydrogen-bond donors (Lipinski definition) is 2. The van der Waals surface area contributed by atoms with Gasteiger partial charge in [0.1, 0.15) is 17.4 Å². The van der Waals surface area contributed by atoms with Crippen molar-refractivity contribution in [2.24, 2.45) is 0 Å². The zero-order valence-electron chi connectivity index (χ0n) is 14.9. The van der Waals surface area contributed by atoms with Crippen LogP contribution in [0.25, 0.3) is 33.5 Å². The number of benzene rings is 2. The van der Waals surface area contributed by atoms with Gasteiger partial charge in [-0.1, -0.05) is 35.9 Å². The van der Waals surface area contributed by atoms with Gasteiger partial charge in [-0.15, -0.1) is 0 Å². The van der Waals surface area contributed by atoms with Crippen LogP contribution in [0.4, 0.5) is 10.2 Å². The largest absolute Gasteiger partial charge is 0.362 e. The van der Waals surface area contributed by atoms with Crippen molar-refractivity contribution in [2.75, 3.05) is 5.32 Å². The molecular formula is C20H13ClFN7. The number of aromatic amines is 1. The number of rotatable bonds is 4. The van der Waals surface area contributed by atoms with Crippen molar-refractivity contribution in [1.82, 2.24) is 29.9 Å². The fourth-order valence-electron chi connectivity index (χ4n) is 3.13. The Kier molecular flexibility index (Phi) is 4.25. The molecule has 2 aromatic carbocycles. The molecule has 5 aromatic rings. The highest BCUT2D eigenvalue weighted by Gasteiger charge is 2.16. The molecule has 0 aliphatic heterocycles. The normalized spacial score (nSPS) is 11.2. The van der Waals surface area contributed by atoms with Crippen LogP contribution in [-0.4, -0.2) is 29.9 Å². The van der Waals surface area contributed by atoms with E-state index in [1.54, 1.807) is 24.5 Å². The minimum absolute atomic E-state index is 0.197. The summed E-state index contributed by atoms with van der Waals surface area (Å²) in [6.07, 6.45) is 3.00. The molecule has 0 radical (unpaired) electrons. The molecule has 7 nitrogen and oxygen atoms in total. The lowest BCUT2D eigenvalue weighted by molar-refractivity contribution is 0.636. The number of fused-ring (bicyclic) bond motifs is 2. The van der Waals surface area contributed by atoms with Crippen molar-refractivity contribution in [2.45, 2.75) is 6.54 Å². The van der Waals surface area contributed by atoms with Gasteiger partial charge < -0.3 is 10.3 Å². The molecule has 0 unspecified atom stereocenters. The first-order chi connectivity index (χ1) is 14.2. The topological polar surface area (TPSA) is 92.3 Å². The third-order valence-corrected chi connectivity index (χ3v) is 4.82. The summed E-state index contributed by atoms with van der Waals surface area (Å²) in [6.45, 7) is 0.291. The first-order valence-corrected chi connectivity index (χ1v) is 9.16. The van der Waals surface area contributed by atoms with Crippen molar-refractivity contribution in [3.05, 3.63) is 71.7 Å². The van der Waals surface area contributed by atoms with E-state index in [0.29, 0.717) is 51.0 Å². The van der Waals surface area contributed by atoms with Gasteiger partial charge in [0.2, 0.25) is 0 Å². The van der Waals surface area contributed by atoms with Gasteiger partial charge in [0.15, 0.2) is 17.3 Å². The van der Waals surface area contributed by atoms with Crippen LogP contribution >= 0.6 is 11.6 Å². The quantitative estimate of drug-likeness (QED) is 0.461. The maximum atomic E-state index is 14.3. The Labute approximate surface area is 169 Å². The number of aromatic nitrogens is 6. The first-order valence-electron chi connectivity index (χ1n) is 8.78. The zero-order valence-corrected chi connectivity index (χ0v) is 15.7. The van der Waals surface area contributed by atoms with Crippen LogP contribution < -0.4 is 5.32 Å². The molecule has 0 bridgehead atoms. The van der Waals surface area contributed by atoms with Crippen LogP contribution in [0.15, 0.2) is 55.1 Å². The van der Waals surface area contributed by atoms with Crippen LogP contribution in [-0.2, 0) is 6.54 Å². The molecule has 29 heavy (non-hydrogen) atoms. The predicted octanol–water partition coefficient (Wildman–Crippen LogP) is 4.37. The lowest BCUT2D eigenvalue weighted by atomic mass is 10.1. The summed E-state index contributed by atoms with van der Waals surface area (Å²) >= 11 is 6.39. The van der Waals surface area contributed by atoms with Gasteiger partial charge in [-0.25, -0.2) is 29.3 Å². The Morgan fingerprint density at radius 3 is 2.76 bits per heavy atom. The van der Waals surface area contributed by atoms with E-state index in [0.717, 1.165) is 0 Å². The molecule has 5 rings (SSSR count). The number of nitrogens with zero attached hydrogens (tertiary/aromatic N) is 5. The summed E-state index contributed by atoms with van der Waals surface area (Å²) in [5.74, 6) is 0.124. The highest BCUT2D eigenvalue weighted by atomic mass is 35.5. The molecule has 0 saturated heterocycles. The second-order valence-corrected chi connectivity index (χ2v) is 6.69. The number of anilines is 1. The van der Waals surface area contributed by atoms with E-state index < -0.39 is 5.82 Å². The lowest BCUT2D eigenvalue weighted by Crippen LogP contribution is -2.08. The molecule has 3 aromatic heterocycles. The SMILES string of the molecule is Fc1cccc2nc(CNc3ncnc4[nH]cnc34)c(-c3ccccc3Cl)nc12. The van der Waals surface area contributed by atoms with Gasteiger partial charge in [-0.2, -0.15) is 0 Å². The minimum Gasteiger partial charge on any atom is -0.362 e. The third kappa shape index (κ3) is 3.13. The molecule has 0 saturated carbocycles. The van der Waals surface area contributed by atoms with E-state index in [4.69, 9.17) is 11.6 Å². The zero-order chi connectivity index (χ0) is 19.8. The maximum Gasteiger partial charge on any atom is 0.162 e. The molecule has 2 N–H and O–H groups in total. The van der Waals surface area contributed by atoms with Crippen LogP contribution in [0, 0.1) is 5.82 Å². The monoisotopic (exact) mass is 405 g/mol. The average Bonchev–Trinajstić information content (AvgIpc) is 3.22. The van der Waals surface area contributed by atoms with Gasteiger partial charge >= 0.3 is 0 Å². The lowest BCUT2D eigenvalue weighted by Gasteiger charge is -2.13. The van der Waals surface area contributed by atoms with E-state index in [9.17, 15) is 4.39 Å². The van der Waals surface area contributed by atoms with Crippen LogP contribution in [0.5, 0.6) is 0 Å². The molecule has 9 heteroatoms. The molecule has 0 spiro atoms. The molecule has 142 valence electrons. The standard InChI is InChI=1S/C20H13ClFN7/c21-12-5-2-1-4-11(12)16-15(28-14-7-3-6-13(22)17(14)29-16)8-23-19-18-20(25-9-24-18)27-10-26-19/h1-7,9-10H,8H2,(H2,23,24,25,26,27). The summed E-state index contributed by atoms with van der Waals surface area (Å²) in [5, 5.41) is 3.74. The van der Waals surface area contributed by atoms with Crippen molar-refractivity contribution in [3.63, 3.8) is 0 Å². The smallest absolute Gasteiger partial charge is 0.162 e. The van der Waals surface area contributed by atoms with Crippen molar-refractivity contribution >= 4 is 39.6 Å². The second-order valence-electron chi connectivity index (χ2n) is 6.28. The van der Waals surface area contributed by atoms with Gasteiger partial charge in [0.05, 0.1) is 34.8 Å².